The predicted octanol–water partition coefficient (Wildman–Crippen LogP) is 0.247. The Morgan fingerprint density at radius 3 is 3.15 bits per heavy atom. The largest absolute Gasteiger partial charge is 0.355 e. The van der Waals surface area contributed by atoms with E-state index in [0.717, 1.165) is 5.82 Å². The molecule has 13 heavy (non-hydrogen) atoms. The maximum atomic E-state index is 11.1. The highest BCUT2D eigenvalue weighted by Crippen LogP contribution is 1.96. The quantitative estimate of drug-likeness (QED) is 0.749. The Balaban J connectivity index is 2.18. The van der Waals surface area contributed by atoms with Crippen molar-refractivity contribution < 1.29 is 4.79 Å². The molecule has 0 saturated carbocycles. The van der Waals surface area contributed by atoms with Gasteiger partial charge in [0.05, 0.1) is 4.83 Å². The topological polar surface area (TPSA) is 70.7 Å². The van der Waals surface area contributed by atoms with Crippen molar-refractivity contribution in [2.75, 3.05) is 6.54 Å². The minimum absolute atomic E-state index is 0.0143. The maximum absolute atomic E-state index is 11.1. The van der Waals surface area contributed by atoms with Crippen molar-refractivity contribution in [2.24, 2.45) is 0 Å². The standard InChI is InChI=1S/C7H11BrN4O/c1-5(8)7(13)9-3-2-6-10-4-11-12-6/h4-5H,2-3H2,1H3,(H,9,13)(H,10,11,12). The van der Waals surface area contributed by atoms with E-state index in [0.29, 0.717) is 13.0 Å². The third kappa shape index (κ3) is 3.54. The van der Waals surface area contributed by atoms with Crippen LogP contribution in [0, 0.1) is 0 Å². The molecule has 0 saturated heterocycles. The number of hydrogen-bond donors (Lipinski definition) is 2. The average molecular weight is 247 g/mol. The highest BCUT2D eigenvalue weighted by atomic mass is 79.9. The summed E-state index contributed by atoms with van der Waals surface area (Å²) in [6.07, 6.45) is 2.12. The second kappa shape index (κ2) is 4.96. The molecule has 1 aromatic heterocycles. The molecule has 0 fully saturated rings. The van der Waals surface area contributed by atoms with Crippen LogP contribution in [0.5, 0.6) is 0 Å². The summed E-state index contributed by atoms with van der Waals surface area (Å²) in [6, 6.07) is 0. The predicted molar refractivity (Wildman–Crippen MR) is 51.5 cm³/mol. The molecule has 1 rings (SSSR count). The molecule has 1 unspecified atom stereocenters. The van der Waals surface area contributed by atoms with Crippen LogP contribution in [0.15, 0.2) is 6.33 Å². The second-order valence-corrected chi connectivity index (χ2v) is 3.96. The Morgan fingerprint density at radius 1 is 1.85 bits per heavy atom. The fourth-order valence-corrected chi connectivity index (χ4v) is 0.958. The summed E-state index contributed by atoms with van der Waals surface area (Å²) < 4.78 is 0. The zero-order valence-corrected chi connectivity index (χ0v) is 8.84. The lowest BCUT2D eigenvalue weighted by Crippen LogP contribution is -2.31. The third-order valence-electron chi connectivity index (χ3n) is 1.49. The van der Waals surface area contributed by atoms with Crippen molar-refractivity contribution >= 4 is 21.8 Å². The highest BCUT2D eigenvalue weighted by Gasteiger charge is 2.07. The van der Waals surface area contributed by atoms with Crippen molar-refractivity contribution in [2.45, 2.75) is 18.2 Å². The molecule has 1 amide bonds. The van der Waals surface area contributed by atoms with Gasteiger partial charge in [0, 0.05) is 13.0 Å². The summed E-state index contributed by atoms with van der Waals surface area (Å²) in [4.78, 5) is 14.8. The second-order valence-electron chi connectivity index (χ2n) is 2.59. The molecule has 0 aliphatic rings. The van der Waals surface area contributed by atoms with Gasteiger partial charge < -0.3 is 5.32 Å². The number of nitrogens with one attached hydrogen (secondary N) is 2. The van der Waals surface area contributed by atoms with Crippen molar-refractivity contribution in [3.8, 4) is 0 Å². The minimum atomic E-state index is -0.151. The number of nitrogens with zero attached hydrogens (tertiary/aromatic N) is 2. The molecule has 1 aromatic rings. The van der Waals surface area contributed by atoms with E-state index in [-0.39, 0.29) is 10.7 Å². The smallest absolute Gasteiger partial charge is 0.233 e. The molecule has 0 aliphatic carbocycles. The summed E-state index contributed by atoms with van der Waals surface area (Å²) in [5, 5.41) is 9.16. The third-order valence-corrected chi connectivity index (χ3v) is 1.90. The molecule has 0 radical (unpaired) electrons. The van der Waals surface area contributed by atoms with Crippen molar-refractivity contribution in [1.82, 2.24) is 20.5 Å². The number of carbonyl (C=O) groups excluding carboxylic acids is 1. The molecule has 5 nitrogen and oxygen atoms in total. The van der Waals surface area contributed by atoms with E-state index in [1.54, 1.807) is 6.92 Å². The van der Waals surface area contributed by atoms with E-state index in [4.69, 9.17) is 0 Å². The molecule has 1 heterocycles. The monoisotopic (exact) mass is 246 g/mol. The van der Waals surface area contributed by atoms with Crippen molar-refractivity contribution in [3.05, 3.63) is 12.2 Å². The average Bonchev–Trinajstić information content (AvgIpc) is 2.56. The zero-order valence-electron chi connectivity index (χ0n) is 7.25. The normalized spacial score (nSPS) is 12.5. The van der Waals surface area contributed by atoms with Crippen LogP contribution in [0.25, 0.3) is 0 Å². The lowest BCUT2D eigenvalue weighted by atomic mass is 10.4. The molecular formula is C7H11BrN4O. The van der Waals surface area contributed by atoms with E-state index >= 15 is 0 Å². The van der Waals surface area contributed by atoms with Gasteiger partial charge in [-0.05, 0) is 6.92 Å². The van der Waals surface area contributed by atoms with Crippen molar-refractivity contribution in [3.63, 3.8) is 0 Å². The first-order chi connectivity index (χ1) is 6.20. The molecule has 0 spiro atoms. The lowest BCUT2D eigenvalue weighted by molar-refractivity contribution is -0.120. The van der Waals surface area contributed by atoms with Crippen molar-refractivity contribution in [1.29, 1.82) is 0 Å². The SMILES string of the molecule is CC(Br)C(=O)NCCc1ncn[nH]1. The fraction of sp³-hybridized carbons (Fsp3) is 0.571. The number of carbonyl (C=O) groups is 1. The molecule has 0 bridgehead atoms. The van der Waals surface area contributed by atoms with Gasteiger partial charge in [-0.2, -0.15) is 5.10 Å². The van der Waals surface area contributed by atoms with Gasteiger partial charge in [-0.15, -0.1) is 0 Å². The minimum Gasteiger partial charge on any atom is -0.355 e. The molecule has 0 aliphatic heterocycles. The number of aromatic nitrogens is 3. The van der Waals surface area contributed by atoms with Gasteiger partial charge in [0.1, 0.15) is 12.2 Å². The number of aromatic amines is 1. The Bertz CT molecular complexity index is 259. The molecule has 6 heteroatoms. The van der Waals surface area contributed by atoms with Crippen LogP contribution in [0.4, 0.5) is 0 Å². The van der Waals surface area contributed by atoms with Gasteiger partial charge >= 0.3 is 0 Å². The summed E-state index contributed by atoms with van der Waals surface area (Å²) in [5.41, 5.74) is 0. The van der Waals surface area contributed by atoms with Gasteiger partial charge in [0.2, 0.25) is 5.91 Å². The van der Waals surface area contributed by atoms with Crippen LogP contribution in [-0.4, -0.2) is 32.5 Å². The number of H-pyrrole nitrogens is 1. The Hall–Kier alpha value is -0.910. The van der Waals surface area contributed by atoms with Gasteiger partial charge in [-0.3, -0.25) is 9.89 Å². The van der Waals surface area contributed by atoms with Crippen LogP contribution in [-0.2, 0) is 11.2 Å². The maximum Gasteiger partial charge on any atom is 0.233 e. The summed E-state index contributed by atoms with van der Waals surface area (Å²) in [7, 11) is 0. The Kier molecular flexibility index (Phi) is 3.88. The highest BCUT2D eigenvalue weighted by molar-refractivity contribution is 9.10. The number of alkyl halides is 1. The molecule has 72 valence electrons. The summed E-state index contributed by atoms with van der Waals surface area (Å²) >= 11 is 3.17. The van der Waals surface area contributed by atoms with Gasteiger partial charge in [0.25, 0.3) is 0 Å². The summed E-state index contributed by atoms with van der Waals surface area (Å²) in [5.74, 6) is 0.766. The van der Waals surface area contributed by atoms with Crippen LogP contribution in [0.2, 0.25) is 0 Å². The first kappa shape index (κ1) is 10.2. The lowest BCUT2D eigenvalue weighted by Gasteiger charge is -2.04. The van der Waals surface area contributed by atoms with Gasteiger partial charge in [-0.1, -0.05) is 15.9 Å². The summed E-state index contributed by atoms with van der Waals surface area (Å²) in [6.45, 7) is 2.35. The van der Waals surface area contributed by atoms with Crippen LogP contribution >= 0.6 is 15.9 Å². The van der Waals surface area contributed by atoms with E-state index in [1.807, 2.05) is 0 Å². The number of halogens is 1. The molecular weight excluding hydrogens is 236 g/mol. The Morgan fingerprint density at radius 2 is 2.62 bits per heavy atom. The van der Waals surface area contributed by atoms with Crippen LogP contribution < -0.4 is 5.32 Å². The molecule has 1 atom stereocenters. The van der Waals surface area contributed by atoms with Gasteiger partial charge in [0.15, 0.2) is 0 Å². The fourth-order valence-electron chi connectivity index (χ4n) is 0.796. The van der Waals surface area contributed by atoms with E-state index < -0.39 is 0 Å². The first-order valence-corrected chi connectivity index (χ1v) is 4.87. The van der Waals surface area contributed by atoms with Gasteiger partial charge in [-0.25, -0.2) is 4.98 Å². The molecule has 2 N–H and O–H groups in total. The zero-order chi connectivity index (χ0) is 9.68. The number of rotatable bonds is 4. The Labute approximate surface area is 84.5 Å². The number of hydrogen-bond acceptors (Lipinski definition) is 3. The van der Waals surface area contributed by atoms with E-state index in [2.05, 4.69) is 36.4 Å². The number of amides is 1. The first-order valence-electron chi connectivity index (χ1n) is 3.96. The molecule has 0 aromatic carbocycles. The van der Waals surface area contributed by atoms with Crippen LogP contribution in [0.1, 0.15) is 12.7 Å². The van der Waals surface area contributed by atoms with Crippen LogP contribution in [0.3, 0.4) is 0 Å². The van der Waals surface area contributed by atoms with E-state index in [1.165, 1.54) is 6.33 Å². The van der Waals surface area contributed by atoms with E-state index in [9.17, 15) is 4.79 Å².